The van der Waals surface area contributed by atoms with E-state index in [0.717, 1.165) is 18.5 Å². The molecule has 1 heterocycles. The number of guanidine groups is 1. The van der Waals surface area contributed by atoms with Gasteiger partial charge in [-0.3, -0.25) is 10.1 Å². The van der Waals surface area contributed by atoms with Crippen LogP contribution < -0.4 is 10.6 Å². The highest BCUT2D eigenvalue weighted by Crippen LogP contribution is 2.16. The maximum atomic E-state index is 10.8. The quantitative estimate of drug-likeness (QED) is 0.208. The van der Waals surface area contributed by atoms with E-state index in [0.29, 0.717) is 19.0 Å². The number of hydrogen-bond donors (Lipinski definition) is 2. The van der Waals surface area contributed by atoms with Crippen LogP contribution in [0.5, 0.6) is 0 Å². The highest BCUT2D eigenvalue weighted by Gasteiger charge is 2.06. The SMILES string of the molecule is CCNC(=NCc1cccc([N+](=O)[O-])c1)NCc1ccc(CC)s1.I. The zero-order valence-corrected chi connectivity index (χ0v) is 17.5. The highest BCUT2D eigenvalue weighted by atomic mass is 127. The monoisotopic (exact) mass is 474 g/mol. The van der Waals surface area contributed by atoms with E-state index in [1.54, 1.807) is 23.5 Å². The number of aryl methyl sites for hydroxylation is 1. The van der Waals surface area contributed by atoms with Crippen LogP contribution in [0.25, 0.3) is 0 Å². The fourth-order valence-corrected chi connectivity index (χ4v) is 3.06. The summed E-state index contributed by atoms with van der Waals surface area (Å²) in [6.45, 7) is 6.01. The van der Waals surface area contributed by atoms with E-state index in [1.807, 2.05) is 13.0 Å². The van der Waals surface area contributed by atoms with Gasteiger partial charge in [0, 0.05) is 28.4 Å². The summed E-state index contributed by atoms with van der Waals surface area (Å²) in [5, 5.41) is 17.3. The third-order valence-electron chi connectivity index (χ3n) is 3.38. The summed E-state index contributed by atoms with van der Waals surface area (Å²) in [4.78, 5) is 17.6. The smallest absolute Gasteiger partial charge is 0.269 e. The predicted molar refractivity (Wildman–Crippen MR) is 114 cm³/mol. The van der Waals surface area contributed by atoms with Crippen molar-refractivity contribution in [2.45, 2.75) is 33.4 Å². The zero-order chi connectivity index (χ0) is 17.4. The summed E-state index contributed by atoms with van der Waals surface area (Å²) in [5.41, 5.74) is 0.900. The van der Waals surface area contributed by atoms with Crippen molar-refractivity contribution in [3.63, 3.8) is 0 Å². The van der Waals surface area contributed by atoms with E-state index in [2.05, 4.69) is 34.7 Å². The number of hydrogen-bond acceptors (Lipinski definition) is 4. The molecule has 1 aromatic carbocycles. The molecule has 0 saturated heterocycles. The summed E-state index contributed by atoms with van der Waals surface area (Å²) < 4.78 is 0. The molecule has 8 heteroatoms. The van der Waals surface area contributed by atoms with Crippen LogP contribution in [0.4, 0.5) is 5.69 Å². The molecule has 0 atom stereocenters. The molecular weight excluding hydrogens is 451 g/mol. The number of non-ortho nitro benzene ring substituents is 1. The summed E-state index contributed by atoms with van der Waals surface area (Å²) in [6.07, 6.45) is 1.05. The first-order valence-corrected chi connectivity index (χ1v) is 8.77. The van der Waals surface area contributed by atoms with Gasteiger partial charge in [-0.1, -0.05) is 19.1 Å². The Morgan fingerprint density at radius 3 is 2.60 bits per heavy atom. The van der Waals surface area contributed by atoms with Crippen LogP contribution in [0.15, 0.2) is 41.4 Å². The summed E-state index contributed by atoms with van der Waals surface area (Å²) in [5.74, 6) is 0.704. The summed E-state index contributed by atoms with van der Waals surface area (Å²) in [7, 11) is 0. The van der Waals surface area contributed by atoms with Crippen LogP contribution >= 0.6 is 35.3 Å². The number of nitro groups is 1. The maximum Gasteiger partial charge on any atom is 0.269 e. The van der Waals surface area contributed by atoms with Crippen molar-refractivity contribution in [2.75, 3.05) is 6.54 Å². The van der Waals surface area contributed by atoms with Crippen molar-refractivity contribution in [1.82, 2.24) is 10.6 Å². The van der Waals surface area contributed by atoms with Crippen molar-refractivity contribution in [3.05, 3.63) is 61.8 Å². The van der Waals surface area contributed by atoms with Gasteiger partial charge < -0.3 is 10.6 Å². The Hall–Kier alpha value is -1.68. The molecular formula is C17H23IN4O2S. The van der Waals surface area contributed by atoms with Crippen molar-refractivity contribution < 1.29 is 4.92 Å². The Balaban J connectivity index is 0.00000312. The molecule has 0 aliphatic carbocycles. The number of aliphatic imine (C=N–C) groups is 1. The third kappa shape index (κ3) is 6.99. The van der Waals surface area contributed by atoms with Crippen molar-refractivity contribution >= 4 is 47.0 Å². The predicted octanol–water partition coefficient (Wildman–Crippen LogP) is 4.09. The van der Waals surface area contributed by atoms with Crippen LogP contribution in [-0.4, -0.2) is 17.4 Å². The lowest BCUT2D eigenvalue weighted by atomic mass is 10.2. The highest BCUT2D eigenvalue weighted by molar-refractivity contribution is 14.0. The number of halogens is 1. The van der Waals surface area contributed by atoms with E-state index in [1.165, 1.54) is 15.8 Å². The molecule has 0 fully saturated rings. The molecule has 0 spiro atoms. The second-order valence-corrected chi connectivity index (χ2v) is 6.45. The van der Waals surface area contributed by atoms with E-state index in [9.17, 15) is 10.1 Å². The fraction of sp³-hybridized carbons (Fsp3) is 0.353. The molecule has 2 aromatic rings. The molecule has 2 rings (SSSR count). The number of rotatable bonds is 7. The fourth-order valence-electron chi connectivity index (χ4n) is 2.16. The average Bonchev–Trinajstić information content (AvgIpc) is 3.05. The summed E-state index contributed by atoms with van der Waals surface area (Å²) >= 11 is 1.79. The van der Waals surface area contributed by atoms with Gasteiger partial charge in [-0.25, -0.2) is 4.99 Å². The molecule has 0 amide bonds. The van der Waals surface area contributed by atoms with Gasteiger partial charge in [-0.2, -0.15) is 0 Å². The first-order chi connectivity index (χ1) is 11.6. The second-order valence-electron chi connectivity index (χ2n) is 5.20. The van der Waals surface area contributed by atoms with Crippen LogP contribution in [0.3, 0.4) is 0 Å². The van der Waals surface area contributed by atoms with Gasteiger partial charge in [0.15, 0.2) is 5.96 Å². The van der Waals surface area contributed by atoms with Crippen molar-refractivity contribution in [2.24, 2.45) is 4.99 Å². The minimum absolute atomic E-state index is 0. The average molecular weight is 474 g/mol. The Bertz CT molecular complexity index is 718. The number of nitro benzene ring substituents is 1. The first-order valence-electron chi connectivity index (χ1n) is 7.95. The molecule has 1 aromatic heterocycles. The summed E-state index contributed by atoms with van der Waals surface area (Å²) in [6, 6.07) is 10.8. The van der Waals surface area contributed by atoms with E-state index >= 15 is 0 Å². The molecule has 0 aliphatic heterocycles. The first kappa shape index (κ1) is 21.4. The topological polar surface area (TPSA) is 79.6 Å². The maximum absolute atomic E-state index is 10.8. The minimum Gasteiger partial charge on any atom is -0.357 e. The second kappa shape index (κ2) is 11.0. The lowest BCUT2D eigenvalue weighted by Crippen LogP contribution is -2.36. The van der Waals surface area contributed by atoms with Crippen LogP contribution in [0.1, 0.15) is 29.2 Å². The van der Waals surface area contributed by atoms with Crippen molar-refractivity contribution in [1.29, 1.82) is 0 Å². The van der Waals surface area contributed by atoms with Gasteiger partial charge in [-0.05, 0) is 31.0 Å². The lowest BCUT2D eigenvalue weighted by Gasteiger charge is -2.10. The number of nitrogens with one attached hydrogen (secondary N) is 2. The Kier molecular flexibility index (Phi) is 9.43. The molecule has 136 valence electrons. The number of nitrogens with zero attached hydrogens (tertiary/aromatic N) is 2. The molecule has 25 heavy (non-hydrogen) atoms. The van der Waals surface area contributed by atoms with Gasteiger partial charge in [0.05, 0.1) is 18.0 Å². The van der Waals surface area contributed by atoms with Gasteiger partial charge in [0.25, 0.3) is 5.69 Å². The Labute approximate surface area is 168 Å². The van der Waals surface area contributed by atoms with Crippen molar-refractivity contribution in [3.8, 4) is 0 Å². The van der Waals surface area contributed by atoms with Crippen LogP contribution in [0, 0.1) is 10.1 Å². The molecule has 6 nitrogen and oxygen atoms in total. The Morgan fingerprint density at radius 2 is 1.96 bits per heavy atom. The molecule has 0 aliphatic rings. The normalized spacial score (nSPS) is 10.9. The molecule has 2 N–H and O–H groups in total. The van der Waals surface area contributed by atoms with Crippen LogP contribution in [0.2, 0.25) is 0 Å². The zero-order valence-electron chi connectivity index (χ0n) is 14.3. The molecule has 0 unspecified atom stereocenters. The minimum atomic E-state index is -0.390. The lowest BCUT2D eigenvalue weighted by molar-refractivity contribution is -0.384. The van der Waals surface area contributed by atoms with E-state index in [4.69, 9.17) is 0 Å². The van der Waals surface area contributed by atoms with Gasteiger partial charge in [-0.15, -0.1) is 35.3 Å². The van der Waals surface area contributed by atoms with Gasteiger partial charge in [0.2, 0.25) is 0 Å². The Morgan fingerprint density at radius 1 is 1.20 bits per heavy atom. The van der Waals surface area contributed by atoms with E-state index in [-0.39, 0.29) is 29.7 Å². The standard InChI is InChI=1S/C17H22N4O2S.HI/c1-3-15-8-9-16(24-15)12-20-17(18-4-2)19-11-13-6-5-7-14(10-13)21(22)23;/h5-10H,3-4,11-12H2,1-2H3,(H2,18,19,20);1H. The van der Waals surface area contributed by atoms with E-state index < -0.39 is 4.92 Å². The number of thiophene rings is 1. The van der Waals surface area contributed by atoms with Gasteiger partial charge in [0.1, 0.15) is 0 Å². The van der Waals surface area contributed by atoms with Gasteiger partial charge >= 0.3 is 0 Å². The van der Waals surface area contributed by atoms with Crippen LogP contribution in [-0.2, 0) is 19.5 Å². The largest absolute Gasteiger partial charge is 0.357 e. The molecule has 0 saturated carbocycles. The molecule has 0 bridgehead atoms. The number of benzene rings is 1. The third-order valence-corrected chi connectivity index (χ3v) is 4.61. The molecule has 0 radical (unpaired) electrons.